The molecule has 0 spiro atoms. The Bertz CT molecular complexity index is 737. The van der Waals surface area contributed by atoms with Gasteiger partial charge in [-0.05, 0) is 59.8 Å². The largest absolute Gasteiger partial charge is 0.465 e. The van der Waals surface area contributed by atoms with Crippen molar-refractivity contribution in [2.45, 2.75) is 12.5 Å². The van der Waals surface area contributed by atoms with Crippen LogP contribution in [0.3, 0.4) is 0 Å². The number of hydrogen-bond donors (Lipinski definition) is 3. The molecular weight excluding hydrogens is 528 g/mol. The van der Waals surface area contributed by atoms with Crippen LogP contribution in [0, 0.1) is 0 Å². The molecule has 0 aliphatic rings. The summed E-state index contributed by atoms with van der Waals surface area (Å²) in [5.74, 6) is -0.258. The second-order valence-electron chi connectivity index (χ2n) is 4.88. The van der Waals surface area contributed by atoms with Crippen LogP contribution in [0.2, 0.25) is 0 Å². The zero-order chi connectivity index (χ0) is 17.7. The first kappa shape index (κ1) is 19.4. The molecule has 3 N–H and O–H groups in total. The number of amides is 2. The van der Waals surface area contributed by atoms with Crippen molar-refractivity contribution in [1.29, 1.82) is 0 Å². The van der Waals surface area contributed by atoms with E-state index in [1.165, 1.54) is 11.3 Å². The Labute approximate surface area is 168 Å². The van der Waals surface area contributed by atoms with Gasteiger partial charge in [0, 0.05) is 6.54 Å². The Kier molecular flexibility index (Phi) is 7.27. The number of benzene rings is 1. The van der Waals surface area contributed by atoms with Crippen molar-refractivity contribution in [2.75, 3.05) is 6.54 Å². The highest BCUT2D eigenvalue weighted by atomic mass is 79.9. The number of halogens is 3. The monoisotopic (exact) mass is 538 g/mol. The molecule has 0 fully saturated rings. The maximum absolute atomic E-state index is 12.5. The van der Waals surface area contributed by atoms with E-state index in [4.69, 9.17) is 5.11 Å². The minimum atomic E-state index is -1.12. The number of carbonyl (C=O) groups is 2. The Morgan fingerprint density at radius 2 is 1.79 bits per heavy atom. The molecule has 1 atom stereocenters. The Balaban J connectivity index is 2.12. The van der Waals surface area contributed by atoms with Gasteiger partial charge in [0.25, 0.3) is 5.91 Å². The van der Waals surface area contributed by atoms with Crippen LogP contribution in [0.5, 0.6) is 0 Å². The van der Waals surface area contributed by atoms with E-state index in [-0.39, 0.29) is 18.5 Å². The summed E-state index contributed by atoms with van der Waals surface area (Å²) >= 11 is 11.4. The number of thiophene rings is 1. The third-order valence-corrected chi connectivity index (χ3v) is 8.16. The molecule has 128 valence electrons. The molecule has 24 heavy (non-hydrogen) atoms. The summed E-state index contributed by atoms with van der Waals surface area (Å²) in [5, 5.41) is 14.0. The maximum Gasteiger partial charge on any atom is 0.404 e. The minimum Gasteiger partial charge on any atom is -0.465 e. The van der Waals surface area contributed by atoms with Crippen LogP contribution in [0.1, 0.15) is 15.2 Å². The number of carboxylic acid groups (broad SMARTS) is 1. The highest BCUT2D eigenvalue weighted by molar-refractivity contribution is 9.14. The van der Waals surface area contributed by atoms with Gasteiger partial charge >= 0.3 is 6.09 Å². The van der Waals surface area contributed by atoms with Gasteiger partial charge in [0.05, 0.1) is 18.8 Å². The Morgan fingerprint density at radius 1 is 1.12 bits per heavy atom. The molecular formula is C15H13Br3N2O3S. The van der Waals surface area contributed by atoms with E-state index >= 15 is 0 Å². The first-order chi connectivity index (χ1) is 11.4. The van der Waals surface area contributed by atoms with E-state index in [2.05, 4.69) is 58.4 Å². The predicted octanol–water partition coefficient (Wildman–Crippen LogP) is 4.64. The zero-order valence-electron chi connectivity index (χ0n) is 12.2. The smallest absolute Gasteiger partial charge is 0.404 e. The van der Waals surface area contributed by atoms with E-state index in [0.29, 0.717) is 15.8 Å². The van der Waals surface area contributed by atoms with E-state index in [1.54, 1.807) is 0 Å². The fourth-order valence-corrected chi connectivity index (χ4v) is 5.03. The molecule has 2 rings (SSSR count). The first-order valence-corrected chi connectivity index (χ1v) is 10.0. The third-order valence-electron chi connectivity index (χ3n) is 3.12. The molecule has 5 nitrogen and oxygen atoms in total. The molecule has 0 radical (unpaired) electrons. The molecule has 1 unspecified atom stereocenters. The first-order valence-electron chi connectivity index (χ1n) is 6.83. The topological polar surface area (TPSA) is 78.4 Å². The highest BCUT2D eigenvalue weighted by Gasteiger charge is 2.22. The quantitative estimate of drug-likeness (QED) is 0.499. The molecule has 1 aromatic carbocycles. The molecule has 0 saturated carbocycles. The van der Waals surface area contributed by atoms with Gasteiger partial charge in [0.2, 0.25) is 0 Å². The van der Waals surface area contributed by atoms with Gasteiger partial charge < -0.3 is 15.7 Å². The van der Waals surface area contributed by atoms with Crippen molar-refractivity contribution >= 4 is 71.1 Å². The Hall–Kier alpha value is -0.900. The van der Waals surface area contributed by atoms with Gasteiger partial charge in [-0.2, -0.15) is 0 Å². The van der Waals surface area contributed by atoms with Crippen LogP contribution in [-0.2, 0) is 6.42 Å². The lowest BCUT2D eigenvalue weighted by molar-refractivity contribution is 0.0938. The summed E-state index contributed by atoms with van der Waals surface area (Å²) in [6.07, 6.45) is -0.594. The van der Waals surface area contributed by atoms with E-state index in [0.717, 1.165) is 13.8 Å². The maximum atomic E-state index is 12.5. The van der Waals surface area contributed by atoms with Gasteiger partial charge in [-0.25, -0.2) is 4.79 Å². The summed E-state index contributed by atoms with van der Waals surface area (Å²) in [6, 6.07) is 9.24. The van der Waals surface area contributed by atoms with Crippen molar-refractivity contribution in [3.63, 3.8) is 0 Å². The van der Waals surface area contributed by atoms with Crippen molar-refractivity contribution in [1.82, 2.24) is 10.6 Å². The lowest BCUT2D eigenvalue weighted by atomic mass is 10.1. The van der Waals surface area contributed by atoms with Crippen molar-refractivity contribution in [3.8, 4) is 0 Å². The number of rotatable bonds is 6. The summed E-state index contributed by atoms with van der Waals surface area (Å²) in [7, 11) is 0. The van der Waals surface area contributed by atoms with E-state index < -0.39 is 6.09 Å². The van der Waals surface area contributed by atoms with Crippen LogP contribution in [0.15, 0.2) is 43.1 Å². The molecule has 0 aliphatic carbocycles. The van der Waals surface area contributed by atoms with E-state index in [1.807, 2.05) is 30.3 Å². The summed E-state index contributed by atoms with van der Waals surface area (Å²) in [4.78, 5) is 23.8. The van der Waals surface area contributed by atoms with Gasteiger partial charge in [-0.3, -0.25) is 4.79 Å². The van der Waals surface area contributed by atoms with Gasteiger partial charge in [0.1, 0.15) is 4.88 Å². The Morgan fingerprint density at radius 3 is 2.33 bits per heavy atom. The van der Waals surface area contributed by atoms with Crippen molar-refractivity contribution < 1.29 is 14.7 Å². The van der Waals surface area contributed by atoms with Crippen molar-refractivity contribution in [3.05, 3.63) is 53.5 Å². The minimum absolute atomic E-state index is 0.126. The van der Waals surface area contributed by atoms with Crippen LogP contribution in [0.4, 0.5) is 4.79 Å². The number of hydrogen-bond acceptors (Lipinski definition) is 3. The SMILES string of the molecule is O=C(O)NCC(Cc1ccccc1)NC(=O)c1sc(Br)c(Br)c1Br. The zero-order valence-corrected chi connectivity index (χ0v) is 17.8. The number of carbonyl (C=O) groups excluding carboxylic acids is 1. The molecule has 1 aromatic heterocycles. The summed E-state index contributed by atoms with van der Waals surface area (Å²) in [5.41, 5.74) is 1.02. The molecule has 1 heterocycles. The lowest BCUT2D eigenvalue weighted by Crippen LogP contribution is -2.44. The van der Waals surface area contributed by atoms with Crippen molar-refractivity contribution in [2.24, 2.45) is 0 Å². The van der Waals surface area contributed by atoms with Crippen LogP contribution < -0.4 is 10.6 Å². The second-order valence-corrected chi connectivity index (χ2v) is 8.80. The molecule has 2 aromatic rings. The lowest BCUT2D eigenvalue weighted by Gasteiger charge is -2.18. The highest BCUT2D eigenvalue weighted by Crippen LogP contribution is 2.40. The normalized spacial score (nSPS) is 11.8. The second kappa shape index (κ2) is 8.98. The fraction of sp³-hybridized carbons (Fsp3) is 0.200. The average Bonchev–Trinajstić information content (AvgIpc) is 2.81. The van der Waals surface area contributed by atoms with Crippen LogP contribution in [-0.4, -0.2) is 29.7 Å². The molecule has 0 aliphatic heterocycles. The van der Waals surface area contributed by atoms with E-state index in [9.17, 15) is 9.59 Å². The summed E-state index contributed by atoms with van der Waals surface area (Å²) in [6.45, 7) is 0.126. The molecule has 9 heteroatoms. The van der Waals surface area contributed by atoms with Gasteiger partial charge in [0.15, 0.2) is 0 Å². The molecule has 2 amide bonds. The van der Waals surface area contributed by atoms with Crippen LogP contribution >= 0.6 is 59.1 Å². The third kappa shape index (κ3) is 5.30. The number of nitrogens with one attached hydrogen (secondary N) is 2. The molecule has 0 saturated heterocycles. The summed E-state index contributed by atoms with van der Waals surface area (Å²) < 4.78 is 2.25. The van der Waals surface area contributed by atoms with Gasteiger partial charge in [-0.1, -0.05) is 30.3 Å². The van der Waals surface area contributed by atoms with Gasteiger partial charge in [-0.15, -0.1) is 11.3 Å². The fourth-order valence-electron chi connectivity index (χ4n) is 2.05. The average molecular weight is 541 g/mol. The standard InChI is InChI=1S/C15H13Br3N2O3S/c16-10-11(17)13(18)24-12(10)14(21)20-9(7-19-15(22)23)6-8-4-2-1-3-5-8/h1-5,9,19H,6-7H2,(H,20,21)(H,22,23). The predicted molar refractivity (Wildman–Crippen MR) is 105 cm³/mol. The van der Waals surface area contributed by atoms with Crippen LogP contribution in [0.25, 0.3) is 0 Å². The molecule has 0 bridgehead atoms.